The second-order valence-electron chi connectivity index (χ2n) is 7.47. The summed E-state index contributed by atoms with van der Waals surface area (Å²) in [6.07, 6.45) is 3.39. The van der Waals surface area contributed by atoms with Crippen molar-refractivity contribution in [3.05, 3.63) is 35.9 Å². The van der Waals surface area contributed by atoms with Crippen molar-refractivity contribution in [3.63, 3.8) is 0 Å². The number of hydrogen-bond acceptors (Lipinski definition) is 3. The monoisotopic (exact) mass is 503 g/mol. The Morgan fingerprint density at radius 1 is 1.11 bits per heavy atom. The predicted molar refractivity (Wildman–Crippen MR) is 134 cm³/mol. The highest BCUT2D eigenvalue weighted by atomic mass is 127. The Kier molecular flexibility index (Phi) is 15.5. The van der Waals surface area contributed by atoms with Crippen LogP contribution in [0.25, 0.3) is 0 Å². The molecule has 1 aromatic rings. The lowest BCUT2D eigenvalue weighted by Gasteiger charge is -2.27. The molecule has 0 amide bonds. The third-order valence-corrected chi connectivity index (χ3v) is 5.16. The number of hydrogen-bond donors (Lipinski definition) is 2. The van der Waals surface area contributed by atoms with E-state index in [0.717, 1.165) is 38.4 Å². The third-order valence-electron chi connectivity index (χ3n) is 5.16. The second kappa shape index (κ2) is 16.0. The van der Waals surface area contributed by atoms with E-state index in [1.54, 1.807) is 0 Å². The first-order valence-electron chi connectivity index (χ1n) is 10.4. The molecule has 0 saturated carbocycles. The zero-order chi connectivity index (χ0) is 20.1. The number of benzene rings is 1. The Bertz CT molecular complexity index is 517. The molecule has 0 heterocycles. The molecule has 6 heteroatoms. The molecule has 0 aromatic heterocycles. The van der Waals surface area contributed by atoms with Gasteiger partial charge in [-0.25, -0.2) is 0 Å². The van der Waals surface area contributed by atoms with Crippen LogP contribution in [0.3, 0.4) is 0 Å². The van der Waals surface area contributed by atoms with Crippen molar-refractivity contribution in [1.82, 2.24) is 20.4 Å². The Morgan fingerprint density at radius 3 is 2.29 bits per heavy atom. The van der Waals surface area contributed by atoms with E-state index in [1.165, 1.54) is 18.5 Å². The van der Waals surface area contributed by atoms with Gasteiger partial charge in [0.25, 0.3) is 0 Å². The van der Waals surface area contributed by atoms with Crippen molar-refractivity contribution in [2.45, 2.75) is 52.1 Å². The number of nitrogens with zero attached hydrogens (tertiary/aromatic N) is 3. The molecule has 0 aliphatic rings. The van der Waals surface area contributed by atoms with Crippen LogP contribution in [0.5, 0.6) is 0 Å². The van der Waals surface area contributed by atoms with E-state index in [4.69, 9.17) is 0 Å². The highest BCUT2D eigenvalue weighted by molar-refractivity contribution is 14.0. The fraction of sp³-hybridized carbons (Fsp3) is 0.682. The number of halogens is 1. The fourth-order valence-electron chi connectivity index (χ4n) is 3.20. The number of rotatable bonds is 12. The van der Waals surface area contributed by atoms with Gasteiger partial charge in [0.1, 0.15) is 0 Å². The molecule has 28 heavy (non-hydrogen) atoms. The van der Waals surface area contributed by atoms with Crippen LogP contribution in [0.1, 0.15) is 39.2 Å². The molecule has 2 unspecified atom stereocenters. The van der Waals surface area contributed by atoms with E-state index in [0.29, 0.717) is 12.1 Å². The average Bonchev–Trinajstić information content (AvgIpc) is 2.67. The second-order valence-corrected chi connectivity index (χ2v) is 7.47. The van der Waals surface area contributed by atoms with Crippen molar-refractivity contribution in [1.29, 1.82) is 0 Å². The molecule has 0 fully saturated rings. The van der Waals surface area contributed by atoms with Crippen LogP contribution in [0.2, 0.25) is 0 Å². The quantitative estimate of drug-likeness (QED) is 0.261. The van der Waals surface area contributed by atoms with E-state index in [2.05, 4.69) is 90.6 Å². The molecule has 0 saturated heterocycles. The van der Waals surface area contributed by atoms with E-state index >= 15 is 0 Å². The Balaban J connectivity index is 0.00000729. The van der Waals surface area contributed by atoms with Crippen molar-refractivity contribution in [2.75, 3.05) is 47.3 Å². The molecular weight excluding hydrogens is 461 g/mol. The lowest BCUT2D eigenvalue weighted by Crippen LogP contribution is -2.48. The van der Waals surface area contributed by atoms with Gasteiger partial charge < -0.3 is 20.4 Å². The lowest BCUT2D eigenvalue weighted by molar-refractivity contribution is 0.288. The minimum atomic E-state index is 0. The number of aliphatic imine (C=N–C) groups is 1. The number of guanidine groups is 1. The summed E-state index contributed by atoms with van der Waals surface area (Å²) >= 11 is 0. The van der Waals surface area contributed by atoms with Gasteiger partial charge in [-0.05, 0) is 65.5 Å². The SMILES string of the molecule is CCN(CC)CCCC(C)NC(=NC)NCC(Cc1ccccc1)N(C)C.I. The first-order chi connectivity index (χ1) is 13.0. The summed E-state index contributed by atoms with van der Waals surface area (Å²) in [5, 5.41) is 7.05. The molecule has 1 aromatic carbocycles. The van der Waals surface area contributed by atoms with Crippen molar-refractivity contribution in [3.8, 4) is 0 Å². The van der Waals surface area contributed by atoms with Crippen molar-refractivity contribution in [2.24, 2.45) is 4.99 Å². The normalized spacial score (nSPS) is 13.9. The predicted octanol–water partition coefficient (Wildman–Crippen LogP) is 3.45. The van der Waals surface area contributed by atoms with Gasteiger partial charge in [0.2, 0.25) is 0 Å². The largest absolute Gasteiger partial charge is 0.355 e. The standard InChI is InChI=1S/C22H41N5.HI/c1-7-27(8-2)16-12-13-19(3)25-22(23-4)24-18-21(26(5)6)17-20-14-10-9-11-15-20;/h9-11,14-15,19,21H,7-8,12-13,16-18H2,1-6H3,(H2,23,24,25);1H. The van der Waals surface area contributed by atoms with Gasteiger partial charge in [-0.2, -0.15) is 0 Å². The Labute approximate surface area is 190 Å². The molecule has 1 rings (SSSR count). The topological polar surface area (TPSA) is 42.9 Å². The summed E-state index contributed by atoms with van der Waals surface area (Å²) in [5.74, 6) is 0.894. The van der Waals surface area contributed by atoms with Crippen LogP contribution in [0, 0.1) is 0 Å². The van der Waals surface area contributed by atoms with Gasteiger partial charge in [0.15, 0.2) is 5.96 Å². The maximum atomic E-state index is 4.41. The highest BCUT2D eigenvalue weighted by Gasteiger charge is 2.14. The van der Waals surface area contributed by atoms with Gasteiger partial charge in [-0.1, -0.05) is 44.2 Å². The summed E-state index contributed by atoms with van der Waals surface area (Å²) in [6, 6.07) is 11.5. The van der Waals surface area contributed by atoms with E-state index in [9.17, 15) is 0 Å². The zero-order valence-corrected chi connectivity index (χ0v) is 21.1. The van der Waals surface area contributed by atoms with Crippen LogP contribution >= 0.6 is 24.0 Å². The first-order valence-corrected chi connectivity index (χ1v) is 10.4. The summed E-state index contributed by atoms with van der Waals surface area (Å²) in [5.41, 5.74) is 1.37. The number of likely N-dealkylation sites (N-methyl/N-ethyl adjacent to an activating group) is 1. The molecule has 162 valence electrons. The van der Waals surface area contributed by atoms with Gasteiger partial charge in [-0.3, -0.25) is 4.99 Å². The minimum absolute atomic E-state index is 0. The van der Waals surface area contributed by atoms with Crippen LogP contribution in [-0.2, 0) is 6.42 Å². The lowest BCUT2D eigenvalue weighted by atomic mass is 10.1. The average molecular weight is 504 g/mol. The molecule has 5 nitrogen and oxygen atoms in total. The van der Waals surface area contributed by atoms with Gasteiger partial charge in [0, 0.05) is 25.7 Å². The van der Waals surface area contributed by atoms with E-state index in [-0.39, 0.29) is 24.0 Å². The summed E-state index contributed by atoms with van der Waals surface area (Å²) in [4.78, 5) is 9.16. The summed E-state index contributed by atoms with van der Waals surface area (Å²) < 4.78 is 0. The van der Waals surface area contributed by atoms with Crippen LogP contribution in [-0.4, -0.2) is 75.2 Å². The Hall–Kier alpha value is -0.860. The summed E-state index contributed by atoms with van der Waals surface area (Å²) in [6.45, 7) is 11.0. The Morgan fingerprint density at radius 2 is 1.75 bits per heavy atom. The first kappa shape index (κ1) is 27.1. The molecule has 0 aliphatic heterocycles. The molecular formula is C22H42IN5. The molecule has 0 bridgehead atoms. The maximum Gasteiger partial charge on any atom is 0.191 e. The molecule has 0 radical (unpaired) electrons. The zero-order valence-electron chi connectivity index (χ0n) is 18.7. The van der Waals surface area contributed by atoms with E-state index in [1.807, 2.05) is 7.05 Å². The number of nitrogens with one attached hydrogen (secondary N) is 2. The van der Waals surface area contributed by atoms with Crippen LogP contribution < -0.4 is 10.6 Å². The molecule has 2 N–H and O–H groups in total. The van der Waals surface area contributed by atoms with Crippen molar-refractivity contribution >= 4 is 29.9 Å². The fourth-order valence-corrected chi connectivity index (χ4v) is 3.20. The maximum absolute atomic E-state index is 4.41. The summed E-state index contributed by atoms with van der Waals surface area (Å²) in [7, 11) is 6.13. The highest BCUT2D eigenvalue weighted by Crippen LogP contribution is 2.06. The molecule has 2 atom stereocenters. The smallest absolute Gasteiger partial charge is 0.191 e. The molecule has 0 aliphatic carbocycles. The molecule has 0 spiro atoms. The van der Waals surface area contributed by atoms with Crippen LogP contribution in [0.4, 0.5) is 0 Å². The minimum Gasteiger partial charge on any atom is -0.355 e. The van der Waals surface area contributed by atoms with Crippen molar-refractivity contribution < 1.29 is 0 Å². The van der Waals surface area contributed by atoms with E-state index < -0.39 is 0 Å². The van der Waals surface area contributed by atoms with Gasteiger partial charge in [0.05, 0.1) is 0 Å². The third kappa shape index (κ3) is 11.2. The van der Waals surface area contributed by atoms with Gasteiger partial charge in [-0.15, -0.1) is 24.0 Å². The van der Waals surface area contributed by atoms with Gasteiger partial charge >= 0.3 is 0 Å². The van der Waals surface area contributed by atoms with Crippen LogP contribution in [0.15, 0.2) is 35.3 Å².